The molecule has 2 atom stereocenters. The SMILES string of the molecule is Cn1cncc1CN1CCC2(CCCC2C(=O)N2CC(F)(F)C2)C1. The molecule has 5 nitrogen and oxygen atoms in total. The lowest BCUT2D eigenvalue weighted by molar-refractivity contribution is -0.172. The Morgan fingerprint density at radius 1 is 1.33 bits per heavy atom. The number of hydrogen-bond acceptors (Lipinski definition) is 3. The molecule has 132 valence electrons. The van der Waals surface area contributed by atoms with Gasteiger partial charge in [-0.05, 0) is 31.2 Å². The molecular weight excluding hydrogens is 314 g/mol. The molecule has 3 heterocycles. The Hall–Kier alpha value is -1.50. The molecule has 7 heteroatoms. The van der Waals surface area contributed by atoms with Crippen molar-refractivity contribution in [2.24, 2.45) is 18.4 Å². The molecule has 2 saturated heterocycles. The van der Waals surface area contributed by atoms with Gasteiger partial charge in [0.1, 0.15) is 0 Å². The fraction of sp³-hybridized carbons (Fsp3) is 0.765. The van der Waals surface area contributed by atoms with Crippen LogP contribution in [0.4, 0.5) is 8.78 Å². The van der Waals surface area contributed by atoms with Gasteiger partial charge in [0.15, 0.2) is 0 Å². The first-order valence-corrected chi connectivity index (χ1v) is 8.73. The third-order valence-electron chi connectivity index (χ3n) is 6.13. The maximum absolute atomic E-state index is 13.1. The van der Waals surface area contributed by atoms with E-state index in [1.54, 1.807) is 6.33 Å². The van der Waals surface area contributed by atoms with Crippen LogP contribution in [0.15, 0.2) is 12.5 Å². The number of alkyl halides is 2. The predicted molar refractivity (Wildman–Crippen MR) is 84.4 cm³/mol. The predicted octanol–water partition coefficient (Wildman–Crippen LogP) is 1.89. The van der Waals surface area contributed by atoms with Crippen LogP contribution in [0.2, 0.25) is 0 Å². The highest BCUT2D eigenvalue weighted by molar-refractivity contribution is 5.81. The fourth-order valence-electron chi connectivity index (χ4n) is 4.79. The average Bonchev–Trinajstić information content (AvgIpc) is 3.20. The van der Waals surface area contributed by atoms with Crippen molar-refractivity contribution in [2.75, 3.05) is 26.2 Å². The molecule has 0 aromatic carbocycles. The Labute approximate surface area is 140 Å². The minimum atomic E-state index is -2.68. The molecule has 2 unspecified atom stereocenters. The normalized spacial score (nSPS) is 32.5. The average molecular weight is 338 g/mol. The number of aromatic nitrogens is 2. The van der Waals surface area contributed by atoms with Crippen molar-refractivity contribution in [2.45, 2.75) is 38.2 Å². The molecule has 1 saturated carbocycles. The number of carbonyl (C=O) groups excluding carboxylic acids is 1. The summed E-state index contributed by atoms with van der Waals surface area (Å²) in [7, 11) is 1.99. The van der Waals surface area contributed by atoms with Crippen molar-refractivity contribution >= 4 is 5.91 Å². The number of likely N-dealkylation sites (tertiary alicyclic amines) is 2. The number of hydrogen-bond donors (Lipinski definition) is 0. The van der Waals surface area contributed by atoms with Crippen molar-refractivity contribution in [3.63, 3.8) is 0 Å². The minimum Gasteiger partial charge on any atom is -0.337 e. The highest BCUT2D eigenvalue weighted by Gasteiger charge is 2.55. The number of nitrogens with zero attached hydrogens (tertiary/aromatic N) is 4. The first-order valence-electron chi connectivity index (χ1n) is 8.73. The van der Waals surface area contributed by atoms with Crippen LogP contribution in [0.1, 0.15) is 31.4 Å². The van der Waals surface area contributed by atoms with Crippen LogP contribution in [-0.2, 0) is 18.4 Å². The molecule has 1 aromatic heterocycles. The Kier molecular flexibility index (Phi) is 3.67. The van der Waals surface area contributed by atoms with Crippen molar-refractivity contribution in [3.8, 4) is 0 Å². The first kappa shape index (κ1) is 16.0. The van der Waals surface area contributed by atoms with Crippen molar-refractivity contribution in [3.05, 3.63) is 18.2 Å². The van der Waals surface area contributed by atoms with E-state index in [-0.39, 0.29) is 17.2 Å². The summed E-state index contributed by atoms with van der Waals surface area (Å²) in [5.41, 5.74) is 1.15. The molecular formula is C17H24F2N4O. The summed E-state index contributed by atoms with van der Waals surface area (Å²) >= 11 is 0. The standard InChI is InChI=1S/C17H24F2N4O/c1-21-12-20-7-13(21)8-22-6-5-16(9-22)4-2-3-14(16)15(24)23-10-17(18,19)11-23/h7,12,14H,2-6,8-11H2,1H3. The molecule has 1 aliphatic carbocycles. The maximum Gasteiger partial charge on any atom is 0.282 e. The van der Waals surface area contributed by atoms with E-state index in [0.29, 0.717) is 0 Å². The van der Waals surface area contributed by atoms with Crippen LogP contribution in [0.3, 0.4) is 0 Å². The third-order valence-corrected chi connectivity index (χ3v) is 6.13. The highest BCUT2D eigenvalue weighted by Crippen LogP contribution is 2.51. The summed E-state index contributed by atoms with van der Waals surface area (Å²) in [6.45, 7) is 1.90. The van der Waals surface area contributed by atoms with Gasteiger partial charge < -0.3 is 9.47 Å². The first-order chi connectivity index (χ1) is 11.4. The van der Waals surface area contributed by atoms with Crippen LogP contribution >= 0.6 is 0 Å². The summed E-state index contributed by atoms with van der Waals surface area (Å²) in [6.07, 6.45) is 7.58. The van der Waals surface area contributed by atoms with Gasteiger partial charge >= 0.3 is 0 Å². The van der Waals surface area contributed by atoms with E-state index in [1.165, 1.54) is 4.90 Å². The molecule has 0 bridgehead atoms. The van der Waals surface area contributed by atoms with Gasteiger partial charge in [-0.3, -0.25) is 9.69 Å². The molecule has 3 aliphatic rings. The fourth-order valence-corrected chi connectivity index (χ4v) is 4.79. The minimum absolute atomic E-state index is 0.0133. The monoisotopic (exact) mass is 338 g/mol. The Bertz CT molecular complexity index is 638. The van der Waals surface area contributed by atoms with Gasteiger partial charge in [0.25, 0.3) is 5.92 Å². The number of amides is 1. The molecule has 24 heavy (non-hydrogen) atoms. The molecule has 1 aromatic rings. The van der Waals surface area contributed by atoms with Gasteiger partial charge in [-0.2, -0.15) is 0 Å². The molecule has 3 fully saturated rings. The van der Waals surface area contributed by atoms with Gasteiger partial charge in [0.2, 0.25) is 5.91 Å². The van der Waals surface area contributed by atoms with Crippen molar-refractivity contribution in [1.82, 2.24) is 19.4 Å². The van der Waals surface area contributed by atoms with E-state index in [1.807, 2.05) is 17.8 Å². The zero-order valence-corrected chi connectivity index (χ0v) is 14.0. The molecule has 0 radical (unpaired) electrons. The molecule has 1 spiro atoms. The van der Waals surface area contributed by atoms with Crippen molar-refractivity contribution < 1.29 is 13.6 Å². The summed E-state index contributed by atoms with van der Waals surface area (Å²) in [6, 6.07) is 0. The lowest BCUT2D eigenvalue weighted by Crippen LogP contribution is -2.60. The molecule has 1 amide bonds. The lowest BCUT2D eigenvalue weighted by atomic mass is 9.76. The number of aryl methyl sites for hydroxylation is 1. The van der Waals surface area contributed by atoms with Gasteiger partial charge in [0.05, 0.1) is 25.1 Å². The number of halogens is 2. The van der Waals surface area contributed by atoms with Gasteiger partial charge in [-0.25, -0.2) is 13.8 Å². The number of carbonyl (C=O) groups is 1. The van der Waals surface area contributed by atoms with Crippen molar-refractivity contribution in [1.29, 1.82) is 0 Å². The molecule has 2 aliphatic heterocycles. The van der Waals surface area contributed by atoms with E-state index in [4.69, 9.17) is 0 Å². The Balaban J connectivity index is 1.43. The van der Waals surface area contributed by atoms with Gasteiger partial charge in [-0.1, -0.05) is 6.42 Å². The second-order valence-corrected chi connectivity index (χ2v) is 7.81. The Morgan fingerprint density at radius 2 is 2.12 bits per heavy atom. The summed E-state index contributed by atoms with van der Waals surface area (Å²) in [5, 5.41) is 0. The zero-order chi connectivity index (χ0) is 16.9. The maximum atomic E-state index is 13.1. The summed E-state index contributed by atoms with van der Waals surface area (Å²) in [5.74, 6) is -2.80. The van der Waals surface area contributed by atoms with Crippen LogP contribution < -0.4 is 0 Å². The van der Waals surface area contributed by atoms with Gasteiger partial charge in [-0.15, -0.1) is 0 Å². The van der Waals surface area contributed by atoms with Crippen LogP contribution in [0.5, 0.6) is 0 Å². The Morgan fingerprint density at radius 3 is 2.79 bits per heavy atom. The van der Waals surface area contributed by atoms with E-state index >= 15 is 0 Å². The summed E-state index contributed by atoms with van der Waals surface area (Å²) < 4.78 is 28.2. The number of imidazole rings is 1. The van der Waals surface area contributed by atoms with Gasteiger partial charge in [0, 0.05) is 32.3 Å². The highest BCUT2D eigenvalue weighted by atomic mass is 19.3. The second-order valence-electron chi connectivity index (χ2n) is 7.81. The van der Waals surface area contributed by atoms with Crippen LogP contribution in [0, 0.1) is 11.3 Å². The van der Waals surface area contributed by atoms with E-state index in [9.17, 15) is 13.6 Å². The zero-order valence-electron chi connectivity index (χ0n) is 14.0. The topological polar surface area (TPSA) is 41.4 Å². The summed E-state index contributed by atoms with van der Waals surface area (Å²) in [4.78, 5) is 20.6. The molecule has 4 rings (SSSR count). The molecule has 0 N–H and O–H groups in total. The van der Waals surface area contributed by atoms with Crippen LogP contribution in [-0.4, -0.2) is 57.4 Å². The second kappa shape index (κ2) is 5.51. The quantitative estimate of drug-likeness (QED) is 0.845. The van der Waals surface area contributed by atoms with E-state index in [2.05, 4.69) is 9.88 Å². The van der Waals surface area contributed by atoms with Crippen LogP contribution in [0.25, 0.3) is 0 Å². The largest absolute Gasteiger partial charge is 0.337 e. The number of rotatable bonds is 3. The third kappa shape index (κ3) is 2.62. The smallest absolute Gasteiger partial charge is 0.282 e. The van der Waals surface area contributed by atoms with E-state index < -0.39 is 19.0 Å². The lowest BCUT2D eigenvalue weighted by Gasteiger charge is -2.42. The van der Waals surface area contributed by atoms with E-state index in [0.717, 1.165) is 51.0 Å².